The molecule has 128 valence electrons. The maximum atomic E-state index is 12.5. The molecule has 0 bridgehead atoms. The number of aromatic nitrogens is 1. The van der Waals surface area contributed by atoms with Crippen molar-refractivity contribution in [1.82, 2.24) is 4.98 Å². The third kappa shape index (κ3) is 4.85. The number of alkyl halides is 3. The van der Waals surface area contributed by atoms with Gasteiger partial charge in [-0.05, 0) is 46.6 Å². The normalized spacial score (nSPS) is 11.2. The molecular formula is C15H11BrClF3N2O2. The zero-order valence-corrected chi connectivity index (χ0v) is 14.6. The maximum Gasteiger partial charge on any atom is 0.417 e. The number of amides is 1. The molecule has 2 aromatic rings. The number of hydrogen-bond acceptors (Lipinski definition) is 3. The van der Waals surface area contributed by atoms with Gasteiger partial charge in [0.1, 0.15) is 5.75 Å². The average Bonchev–Trinajstić information content (AvgIpc) is 2.47. The van der Waals surface area contributed by atoms with E-state index in [2.05, 4.69) is 26.2 Å². The topological polar surface area (TPSA) is 51.2 Å². The van der Waals surface area contributed by atoms with Gasteiger partial charge in [0, 0.05) is 6.20 Å². The van der Waals surface area contributed by atoms with Gasteiger partial charge < -0.3 is 10.1 Å². The van der Waals surface area contributed by atoms with Gasteiger partial charge in [-0.2, -0.15) is 13.2 Å². The van der Waals surface area contributed by atoms with Gasteiger partial charge in [-0.3, -0.25) is 4.79 Å². The van der Waals surface area contributed by atoms with E-state index < -0.39 is 17.6 Å². The number of nitrogens with one attached hydrogen (secondary N) is 1. The van der Waals surface area contributed by atoms with Crippen LogP contribution in [0.1, 0.15) is 11.1 Å². The van der Waals surface area contributed by atoms with Crippen LogP contribution in [-0.4, -0.2) is 17.5 Å². The number of anilines is 1. The average molecular weight is 424 g/mol. The summed E-state index contributed by atoms with van der Waals surface area (Å²) in [6.45, 7) is 1.56. The van der Waals surface area contributed by atoms with Gasteiger partial charge in [-0.25, -0.2) is 4.98 Å². The van der Waals surface area contributed by atoms with Gasteiger partial charge in [0.05, 0.1) is 15.1 Å². The van der Waals surface area contributed by atoms with E-state index in [1.54, 1.807) is 6.07 Å². The summed E-state index contributed by atoms with van der Waals surface area (Å²) in [6.07, 6.45) is -3.96. The van der Waals surface area contributed by atoms with Crippen LogP contribution in [0.25, 0.3) is 0 Å². The first-order chi connectivity index (χ1) is 11.2. The lowest BCUT2D eigenvalue weighted by molar-refractivity contribution is -0.137. The van der Waals surface area contributed by atoms with E-state index in [0.717, 1.165) is 5.56 Å². The van der Waals surface area contributed by atoms with Crippen LogP contribution in [0, 0.1) is 6.92 Å². The predicted octanol–water partition coefficient (Wildman–Crippen LogP) is 4.84. The minimum Gasteiger partial charge on any atom is -0.483 e. The summed E-state index contributed by atoms with van der Waals surface area (Å²) in [5.41, 5.74) is 0.0183. The van der Waals surface area contributed by atoms with E-state index >= 15 is 0 Å². The van der Waals surface area contributed by atoms with Crippen LogP contribution >= 0.6 is 27.5 Å². The molecule has 0 saturated carbocycles. The number of carbonyl (C=O) groups excluding carboxylic acids is 1. The summed E-state index contributed by atoms with van der Waals surface area (Å²) in [7, 11) is 0. The molecule has 1 aromatic carbocycles. The van der Waals surface area contributed by atoms with Crippen LogP contribution in [-0.2, 0) is 11.0 Å². The van der Waals surface area contributed by atoms with E-state index in [1.165, 1.54) is 0 Å². The molecule has 2 rings (SSSR count). The van der Waals surface area contributed by atoms with Crippen molar-refractivity contribution < 1.29 is 22.7 Å². The number of rotatable bonds is 4. The second-order valence-corrected chi connectivity index (χ2v) is 6.08. The molecule has 0 aliphatic heterocycles. The van der Waals surface area contributed by atoms with Crippen molar-refractivity contribution in [2.24, 2.45) is 0 Å². The van der Waals surface area contributed by atoms with Crippen LogP contribution in [0.15, 0.2) is 34.9 Å². The molecule has 1 aromatic heterocycles. The molecule has 0 fully saturated rings. The molecule has 0 aliphatic rings. The first kappa shape index (κ1) is 18.5. The van der Waals surface area contributed by atoms with Crippen molar-refractivity contribution in [1.29, 1.82) is 0 Å². The third-order valence-corrected chi connectivity index (χ3v) is 3.78. The van der Waals surface area contributed by atoms with E-state index in [1.807, 2.05) is 19.1 Å². The summed E-state index contributed by atoms with van der Waals surface area (Å²) in [4.78, 5) is 15.3. The number of benzene rings is 1. The summed E-state index contributed by atoms with van der Waals surface area (Å²) in [6, 6.07) is 6.02. The van der Waals surface area contributed by atoms with Gasteiger partial charge in [0.15, 0.2) is 12.4 Å². The van der Waals surface area contributed by atoms with Crippen molar-refractivity contribution in [3.63, 3.8) is 0 Å². The third-order valence-electron chi connectivity index (χ3n) is 2.87. The molecule has 1 heterocycles. The highest BCUT2D eigenvalue weighted by Crippen LogP contribution is 2.32. The number of pyridine rings is 1. The lowest BCUT2D eigenvalue weighted by Crippen LogP contribution is -2.21. The van der Waals surface area contributed by atoms with Crippen LogP contribution in [0.4, 0.5) is 19.0 Å². The highest BCUT2D eigenvalue weighted by Gasteiger charge is 2.31. The molecule has 0 saturated heterocycles. The molecule has 4 nitrogen and oxygen atoms in total. The zero-order valence-electron chi connectivity index (χ0n) is 12.2. The lowest BCUT2D eigenvalue weighted by atomic mass is 10.2. The SMILES string of the molecule is Cc1ccc(OCC(=O)Nc2ncc(C(F)(F)F)cc2Cl)c(Br)c1. The van der Waals surface area contributed by atoms with E-state index in [4.69, 9.17) is 16.3 Å². The Morgan fingerprint density at radius 2 is 2.08 bits per heavy atom. The predicted molar refractivity (Wildman–Crippen MR) is 87.3 cm³/mol. The Labute approximate surface area is 149 Å². The van der Waals surface area contributed by atoms with Gasteiger partial charge in [0.2, 0.25) is 0 Å². The quantitative estimate of drug-likeness (QED) is 0.765. The molecule has 24 heavy (non-hydrogen) atoms. The lowest BCUT2D eigenvalue weighted by Gasteiger charge is -2.11. The number of aryl methyl sites for hydroxylation is 1. The van der Waals surface area contributed by atoms with Gasteiger partial charge in [0.25, 0.3) is 5.91 Å². The Hall–Kier alpha value is -1.80. The Kier molecular flexibility index (Phi) is 5.71. The fraction of sp³-hybridized carbons (Fsp3) is 0.200. The number of halogens is 5. The summed E-state index contributed by atoms with van der Waals surface area (Å²) < 4.78 is 43.6. The second-order valence-electron chi connectivity index (χ2n) is 4.82. The van der Waals surface area contributed by atoms with E-state index in [-0.39, 0.29) is 17.4 Å². The van der Waals surface area contributed by atoms with Gasteiger partial charge in [-0.15, -0.1) is 0 Å². The maximum absolute atomic E-state index is 12.5. The Bertz CT molecular complexity index is 769. The first-order valence-electron chi connectivity index (χ1n) is 6.58. The van der Waals surface area contributed by atoms with Gasteiger partial charge >= 0.3 is 6.18 Å². The van der Waals surface area contributed by atoms with Crippen molar-refractivity contribution in [3.8, 4) is 5.75 Å². The number of carbonyl (C=O) groups is 1. The monoisotopic (exact) mass is 422 g/mol. The molecule has 9 heteroatoms. The van der Waals surface area contributed by atoms with Gasteiger partial charge in [-0.1, -0.05) is 17.7 Å². The number of hydrogen-bond donors (Lipinski definition) is 1. The van der Waals surface area contributed by atoms with Crippen LogP contribution < -0.4 is 10.1 Å². The highest BCUT2D eigenvalue weighted by molar-refractivity contribution is 9.10. The molecule has 0 aliphatic carbocycles. The number of ether oxygens (including phenoxy) is 1. The molecule has 1 N–H and O–H groups in total. The van der Waals surface area contributed by atoms with Crippen LogP contribution in [0.2, 0.25) is 5.02 Å². The largest absolute Gasteiger partial charge is 0.483 e. The summed E-state index contributed by atoms with van der Waals surface area (Å²) in [5, 5.41) is 1.99. The van der Waals surface area contributed by atoms with Crippen LogP contribution in [0.5, 0.6) is 5.75 Å². The molecule has 1 amide bonds. The van der Waals surface area contributed by atoms with Crippen molar-refractivity contribution in [2.45, 2.75) is 13.1 Å². The molecule has 0 spiro atoms. The van der Waals surface area contributed by atoms with E-state index in [0.29, 0.717) is 22.5 Å². The smallest absolute Gasteiger partial charge is 0.417 e. The summed E-state index contributed by atoms with van der Waals surface area (Å²) in [5.74, 6) is -0.305. The summed E-state index contributed by atoms with van der Waals surface area (Å²) >= 11 is 9.02. The van der Waals surface area contributed by atoms with Crippen molar-refractivity contribution in [2.75, 3.05) is 11.9 Å². The number of nitrogens with zero attached hydrogens (tertiary/aromatic N) is 1. The first-order valence-corrected chi connectivity index (χ1v) is 7.75. The second kappa shape index (κ2) is 7.40. The van der Waals surface area contributed by atoms with Crippen molar-refractivity contribution in [3.05, 3.63) is 51.1 Å². The zero-order chi connectivity index (χ0) is 17.9. The fourth-order valence-electron chi connectivity index (χ4n) is 1.72. The standard InChI is InChI=1S/C15H11BrClF3N2O2/c1-8-2-3-12(10(16)4-8)24-7-13(23)22-14-11(17)5-9(6-21-14)15(18,19)20/h2-6H,7H2,1H3,(H,21,22,23). The Morgan fingerprint density at radius 1 is 1.38 bits per heavy atom. The molecule has 0 unspecified atom stereocenters. The molecular weight excluding hydrogens is 413 g/mol. The minimum atomic E-state index is -4.56. The Balaban J connectivity index is 2.00. The minimum absolute atomic E-state index is 0.166. The van der Waals surface area contributed by atoms with E-state index in [9.17, 15) is 18.0 Å². The Morgan fingerprint density at radius 3 is 2.67 bits per heavy atom. The van der Waals surface area contributed by atoms with Crippen LogP contribution in [0.3, 0.4) is 0 Å². The molecule has 0 radical (unpaired) electrons. The fourth-order valence-corrected chi connectivity index (χ4v) is 2.54. The van der Waals surface area contributed by atoms with Crippen molar-refractivity contribution >= 4 is 39.3 Å². The molecule has 0 atom stereocenters. The highest BCUT2D eigenvalue weighted by atomic mass is 79.9.